The molecule has 26 heteroatoms. The van der Waals surface area contributed by atoms with Gasteiger partial charge in [-0.1, -0.05) is 48.0 Å². The van der Waals surface area contributed by atoms with Gasteiger partial charge >= 0.3 is 11.9 Å². The number of hydrogen-bond donors (Lipinski definition) is 13. The maximum Gasteiger partial charge on any atom is 0.326 e. The Bertz CT molecular complexity index is 1870. The Labute approximate surface area is 400 Å². The molecule has 0 aromatic carbocycles. The van der Waals surface area contributed by atoms with E-state index in [0.717, 1.165) is 0 Å². The van der Waals surface area contributed by atoms with Crippen LogP contribution in [0.4, 0.5) is 0 Å². The quantitative estimate of drug-likeness (QED) is 0.0325. The maximum atomic E-state index is 13.4. The number of aliphatic carboxylic acids is 2. The molecule has 0 aromatic rings. The smallest absolute Gasteiger partial charge is 0.326 e. The van der Waals surface area contributed by atoms with E-state index in [4.69, 9.17) is 11.5 Å². The van der Waals surface area contributed by atoms with Crippen molar-refractivity contribution >= 4 is 71.0 Å². The molecule has 1 aliphatic rings. The number of carboxylic acid groups (broad SMARTS) is 2. The lowest BCUT2D eigenvalue weighted by Crippen LogP contribution is -2.59. The van der Waals surface area contributed by atoms with Crippen molar-refractivity contribution in [3.63, 3.8) is 0 Å². The summed E-state index contributed by atoms with van der Waals surface area (Å²) in [6.45, 7) is 11.5. The number of rotatable bonds is 30. The summed E-state index contributed by atoms with van der Waals surface area (Å²) < 4.78 is 0. The number of hydrogen-bond acceptors (Lipinski definition) is 14. The Morgan fingerprint density at radius 2 is 1.13 bits per heavy atom. The molecule has 10 atom stereocenters. The van der Waals surface area contributed by atoms with E-state index < -0.39 is 151 Å². The second kappa shape index (κ2) is 29.4. The van der Waals surface area contributed by atoms with Crippen LogP contribution in [0.2, 0.25) is 0 Å². The molecule has 0 aliphatic carbocycles. The summed E-state index contributed by atoms with van der Waals surface area (Å²) in [5.41, 5.74) is 10.9. The van der Waals surface area contributed by atoms with Crippen LogP contribution in [0.3, 0.4) is 0 Å². The third-order valence-corrected chi connectivity index (χ3v) is 11.1. The van der Waals surface area contributed by atoms with E-state index in [1.807, 2.05) is 0 Å². The van der Waals surface area contributed by atoms with Crippen LogP contribution in [0.1, 0.15) is 107 Å². The summed E-state index contributed by atoms with van der Waals surface area (Å²) >= 11 is 0. The lowest BCUT2D eigenvalue weighted by Gasteiger charge is -2.28. The van der Waals surface area contributed by atoms with Gasteiger partial charge in [0.15, 0.2) is 0 Å². The minimum atomic E-state index is -1.76. The van der Waals surface area contributed by atoms with Crippen molar-refractivity contribution in [1.29, 1.82) is 0 Å². The minimum Gasteiger partial charge on any atom is -0.481 e. The molecule has 0 aromatic heterocycles. The highest BCUT2D eigenvalue weighted by Crippen LogP contribution is 2.18. The molecule has 1 heterocycles. The number of likely N-dealkylation sites (tertiary alicyclic amines) is 1. The summed E-state index contributed by atoms with van der Waals surface area (Å²) in [5.74, 6) is -12.0. The molecule has 10 amide bonds. The normalized spacial score (nSPS) is 17.3. The zero-order valence-corrected chi connectivity index (χ0v) is 40.5. The molecule has 26 nitrogen and oxygen atoms in total. The number of carbonyl (C=O) groups excluding carboxylic acids is 10. The van der Waals surface area contributed by atoms with Gasteiger partial charge in [-0.25, -0.2) is 4.79 Å². The third kappa shape index (κ3) is 21.2. The molecule has 0 saturated carbocycles. The Morgan fingerprint density at radius 1 is 0.638 bits per heavy atom. The van der Waals surface area contributed by atoms with E-state index >= 15 is 0 Å². The third-order valence-electron chi connectivity index (χ3n) is 11.1. The van der Waals surface area contributed by atoms with Crippen molar-refractivity contribution in [2.45, 2.75) is 161 Å². The summed E-state index contributed by atoms with van der Waals surface area (Å²) in [6.07, 6.45) is -0.0544. The predicted molar refractivity (Wildman–Crippen MR) is 244 cm³/mol. The topological polar surface area (TPSA) is 417 Å². The fourth-order valence-electron chi connectivity index (χ4n) is 6.97. The minimum absolute atomic E-state index is 0.0522. The number of nitrogens with two attached hydrogens (primary N) is 2. The fourth-order valence-corrected chi connectivity index (χ4v) is 6.97. The van der Waals surface area contributed by atoms with Gasteiger partial charge in [0.1, 0.15) is 48.3 Å². The second-order valence-electron chi connectivity index (χ2n) is 18.0. The zero-order chi connectivity index (χ0) is 52.9. The number of amides is 10. The van der Waals surface area contributed by atoms with E-state index in [9.17, 15) is 72.9 Å². The molecule has 1 aliphatic heterocycles. The summed E-state index contributed by atoms with van der Waals surface area (Å²) in [5, 5.41) is 48.0. The van der Waals surface area contributed by atoms with Crippen molar-refractivity contribution < 1.29 is 72.9 Å². The first-order valence-corrected chi connectivity index (χ1v) is 22.9. The average molecular weight is 984 g/mol. The lowest BCUT2D eigenvalue weighted by molar-refractivity contribution is -0.144. The van der Waals surface area contributed by atoms with Crippen molar-refractivity contribution in [3.05, 3.63) is 0 Å². The van der Waals surface area contributed by atoms with Crippen molar-refractivity contribution in [3.8, 4) is 0 Å². The van der Waals surface area contributed by atoms with Crippen molar-refractivity contribution in [1.82, 2.24) is 47.4 Å². The second-order valence-corrected chi connectivity index (χ2v) is 18.0. The summed E-state index contributed by atoms with van der Waals surface area (Å²) in [6, 6.07) is -12.0. The first-order valence-electron chi connectivity index (χ1n) is 22.9. The number of nitrogens with one attached hydrogen (secondary N) is 8. The van der Waals surface area contributed by atoms with Crippen LogP contribution in [0.25, 0.3) is 0 Å². The molecule has 1 fully saturated rings. The SMILES string of the molecule is CC[C@H](C)[C@H](NC(=O)[C@H](CO)NC(=O)[C@@H]1CCCN1C(=O)CNC(=O)[C@H](CC(C)C)NC(=O)[C@H](C)NC(=O)[C@H](CC(=O)O)NC(=O)[C@H](C)NC(=O)[C@H](CC(C)C)NC(=O)[C@@H](N)CCC(N)=O)C(=O)O. The van der Waals surface area contributed by atoms with Crippen LogP contribution in [0.15, 0.2) is 0 Å². The highest BCUT2D eigenvalue weighted by atomic mass is 16.4. The molecule has 390 valence electrons. The standard InChI is InChI=1S/C43H73N11O15/c1-9-22(6)34(43(68)69)53-41(66)29(19-55)52-42(67)30-11-10-14-54(30)32(57)18-46-38(63)26(15-20(2)3)49-35(60)23(7)48-40(65)28(17-33(58)59)50-36(61)24(8)47-39(64)27(16-21(4)5)51-37(62)25(44)12-13-31(45)56/h20-30,34,55H,9-19,44H2,1-8H3,(H2,45,56)(H,46,63)(H,47,64)(H,48,65)(H,49,60)(H,50,61)(H,51,62)(H,52,67)(H,53,66)(H,58,59)(H,68,69)/t22-,23-,24-,25-,26-,27-,28-,29-,30-,34-/m0/s1. The van der Waals surface area contributed by atoms with E-state index in [1.165, 1.54) is 18.7 Å². The van der Waals surface area contributed by atoms with Gasteiger partial charge in [-0.15, -0.1) is 0 Å². The number of nitrogens with zero attached hydrogens (tertiary/aromatic N) is 1. The molecule has 0 unspecified atom stereocenters. The number of carbonyl (C=O) groups is 12. The highest BCUT2D eigenvalue weighted by Gasteiger charge is 2.38. The number of primary amides is 1. The van der Waals surface area contributed by atoms with Gasteiger partial charge in [0, 0.05) is 13.0 Å². The number of aliphatic hydroxyl groups is 1. The predicted octanol–water partition coefficient (Wildman–Crippen LogP) is -4.19. The van der Waals surface area contributed by atoms with Gasteiger partial charge in [-0.2, -0.15) is 0 Å². The molecular weight excluding hydrogens is 911 g/mol. The molecule has 1 rings (SSSR count). The maximum absolute atomic E-state index is 13.4. The molecule has 1 saturated heterocycles. The van der Waals surface area contributed by atoms with Crippen LogP contribution in [0, 0.1) is 17.8 Å². The Hall–Kier alpha value is -6.44. The number of aliphatic hydroxyl groups excluding tert-OH is 1. The van der Waals surface area contributed by atoms with Crippen LogP contribution < -0.4 is 54.0 Å². The monoisotopic (exact) mass is 984 g/mol. The Balaban J connectivity index is 2.98. The first kappa shape index (κ1) is 60.6. The van der Waals surface area contributed by atoms with Crippen molar-refractivity contribution in [2.24, 2.45) is 29.2 Å². The fraction of sp³-hybridized carbons (Fsp3) is 0.721. The van der Waals surface area contributed by atoms with Gasteiger partial charge in [-0.05, 0) is 63.7 Å². The van der Waals surface area contributed by atoms with Crippen LogP contribution in [-0.4, -0.2) is 165 Å². The number of carboxylic acids is 2. The van der Waals surface area contributed by atoms with Gasteiger partial charge in [0.2, 0.25) is 59.1 Å². The molecule has 0 spiro atoms. The average Bonchev–Trinajstić information content (AvgIpc) is 3.77. The zero-order valence-electron chi connectivity index (χ0n) is 40.5. The van der Waals surface area contributed by atoms with Gasteiger partial charge in [0.05, 0.1) is 25.6 Å². The largest absolute Gasteiger partial charge is 0.481 e. The Morgan fingerprint density at radius 3 is 1.61 bits per heavy atom. The van der Waals surface area contributed by atoms with E-state index in [-0.39, 0.29) is 50.5 Å². The molecule has 0 radical (unpaired) electrons. The summed E-state index contributed by atoms with van der Waals surface area (Å²) in [7, 11) is 0. The highest BCUT2D eigenvalue weighted by molar-refractivity contribution is 5.98. The first-order chi connectivity index (χ1) is 32.1. The van der Waals surface area contributed by atoms with Crippen molar-refractivity contribution in [2.75, 3.05) is 19.7 Å². The van der Waals surface area contributed by atoms with Crippen LogP contribution in [-0.2, 0) is 57.5 Å². The van der Waals surface area contributed by atoms with Gasteiger partial charge < -0.3 is 74.2 Å². The van der Waals surface area contributed by atoms with E-state index in [0.29, 0.717) is 12.8 Å². The van der Waals surface area contributed by atoms with Gasteiger partial charge in [-0.3, -0.25) is 52.7 Å². The molecular formula is C43H73N11O15. The lowest BCUT2D eigenvalue weighted by atomic mass is 9.99. The van der Waals surface area contributed by atoms with E-state index in [2.05, 4.69) is 42.5 Å². The molecule has 0 bridgehead atoms. The molecule has 15 N–H and O–H groups in total. The van der Waals surface area contributed by atoms with Crippen LogP contribution >= 0.6 is 0 Å². The molecule has 69 heavy (non-hydrogen) atoms. The van der Waals surface area contributed by atoms with E-state index in [1.54, 1.807) is 41.5 Å². The van der Waals surface area contributed by atoms with Gasteiger partial charge in [0.25, 0.3) is 0 Å². The van der Waals surface area contributed by atoms with Crippen LogP contribution in [0.5, 0.6) is 0 Å². The Kier molecular flexibility index (Phi) is 25.9. The summed E-state index contributed by atoms with van der Waals surface area (Å²) in [4.78, 5) is 154.